The number of aliphatic hydroxyl groups is 2. The molecule has 0 saturated heterocycles. The molecule has 0 fully saturated rings. The molecule has 1 amide bonds. The Morgan fingerprint density at radius 2 is 0.797 bits per heavy atom. The minimum absolute atomic E-state index is 0.0615. The Labute approximate surface area is 399 Å². The van der Waals surface area contributed by atoms with Crippen LogP contribution in [0.4, 0.5) is 0 Å². The number of carbonyl (C=O) groups excluding carboxylic acids is 2. The van der Waals surface area contributed by atoms with Gasteiger partial charge in [0.1, 0.15) is 6.10 Å². The highest BCUT2D eigenvalue weighted by Crippen LogP contribution is 2.19. The van der Waals surface area contributed by atoms with Gasteiger partial charge >= 0.3 is 5.97 Å². The molecule has 0 spiro atoms. The molecule has 378 valence electrons. The van der Waals surface area contributed by atoms with Crippen molar-refractivity contribution in [3.05, 3.63) is 24.3 Å². The van der Waals surface area contributed by atoms with Crippen LogP contribution in [0.2, 0.25) is 0 Å². The maximum Gasteiger partial charge on any atom is 0.306 e. The number of hydrogen-bond donors (Lipinski definition) is 3. The van der Waals surface area contributed by atoms with Gasteiger partial charge in [0, 0.05) is 6.42 Å². The zero-order chi connectivity index (χ0) is 46.7. The molecule has 0 heterocycles. The van der Waals surface area contributed by atoms with E-state index in [1.165, 1.54) is 218 Å². The lowest BCUT2D eigenvalue weighted by atomic mass is 10.0. The van der Waals surface area contributed by atoms with Gasteiger partial charge < -0.3 is 20.3 Å². The van der Waals surface area contributed by atoms with Gasteiger partial charge in [-0.25, -0.2) is 0 Å². The van der Waals surface area contributed by atoms with Crippen molar-refractivity contribution >= 4 is 11.9 Å². The first-order valence-corrected chi connectivity index (χ1v) is 28.6. The molecule has 0 aromatic heterocycles. The standard InChI is InChI=1S/C58H111NO5/c1-4-7-10-13-16-19-22-25-27-28-30-32-34-37-40-43-46-49-54(64-58(63)51-48-45-42-39-36-31-24-21-18-15-12-9-6-3)52-57(62)59-55(53-60)56(61)50-47-44-41-38-35-33-29-26-23-20-17-14-11-8-5-2/h31,36,42,45,54-56,60-61H,4-30,32-35,37-41,43-44,46-53H2,1-3H3,(H,59,62)/b36-31-,45-42+. The van der Waals surface area contributed by atoms with E-state index in [-0.39, 0.29) is 24.9 Å². The van der Waals surface area contributed by atoms with E-state index in [2.05, 4.69) is 50.4 Å². The highest BCUT2D eigenvalue weighted by atomic mass is 16.5. The predicted molar refractivity (Wildman–Crippen MR) is 278 cm³/mol. The number of aliphatic hydroxyl groups excluding tert-OH is 2. The SMILES string of the molecule is CCCCCCCC/C=C\C/C=C/CCC(=O)OC(CCCCCCCCCCCCCCCCCCC)CC(=O)NC(CO)C(O)CCCCCCCCCCCCCCCCC. The van der Waals surface area contributed by atoms with Crippen LogP contribution in [-0.2, 0) is 14.3 Å². The molecule has 6 nitrogen and oxygen atoms in total. The lowest BCUT2D eigenvalue weighted by molar-refractivity contribution is -0.150. The maximum absolute atomic E-state index is 13.2. The van der Waals surface area contributed by atoms with E-state index in [4.69, 9.17) is 4.74 Å². The molecule has 64 heavy (non-hydrogen) atoms. The fourth-order valence-electron chi connectivity index (χ4n) is 8.96. The Bertz CT molecular complexity index is 1010. The van der Waals surface area contributed by atoms with Crippen molar-refractivity contribution in [3.63, 3.8) is 0 Å². The van der Waals surface area contributed by atoms with E-state index in [9.17, 15) is 19.8 Å². The summed E-state index contributed by atoms with van der Waals surface area (Å²) in [6, 6.07) is -0.708. The molecule has 6 heteroatoms. The number of esters is 1. The molecular formula is C58H111NO5. The lowest BCUT2D eigenvalue weighted by Gasteiger charge is -2.24. The molecule has 0 saturated carbocycles. The summed E-state index contributed by atoms with van der Waals surface area (Å²) in [5, 5.41) is 23.9. The molecule has 0 aliphatic heterocycles. The van der Waals surface area contributed by atoms with E-state index in [0.29, 0.717) is 25.7 Å². The second kappa shape index (κ2) is 52.3. The molecule has 0 aromatic rings. The number of ether oxygens (including phenoxy) is 1. The molecule has 3 unspecified atom stereocenters. The number of hydrogen-bond acceptors (Lipinski definition) is 5. The highest BCUT2D eigenvalue weighted by Gasteiger charge is 2.24. The molecular weight excluding hydrogens is 791 g/mol. The summed E-state index contributed by atoms with van der Waals surface area (Å²) in [6.45, 7) is 6.50. The molecule has 0 aliphatic rings. The van der Waals surface area contributed by atoms with Crippen LogP contribution in [0.15, 0.2) is 24.3 Å². The second-order valence-electron chi connectivity index (χ2n) is 19.7. The molecule has 3 atom stereocenters. The van der Waals surface area contributed by atoms with Gasteiger partial charge in [0.15, 0.2) is 0 Å². The fraction of sp³-hybridized carbons (Fsp3) is 0.897. The van der Waals surface area contributed by atoms with Gasteiger partial charge in [-0.3, -0.25) is 9.59 Å². The Kier molecular flexibility index (Phi) is 51.0. The topological polar surface area (TPSA) is 95.9 Å². The number of amides is 1. The molecule has 0 aliphatic carbocycles. The quantitative estimate of drug-likeness (QED) is 0.0321. The third-order valence-electron chi connectivity index (χ3n) is 13.3. The first-order valence-electron chi connectivity index (χ1n) is 28.6. The van der Waals surface area contributed by atoms with E-state index >= 15 is 0 Å². The third kappa shape index (κ3) is 46.9. The zero-order valence-corrected chi connectivity index (χ0v) is 43.2. The largest absolute Gasteiger partial charge is 0.462 e. The summed E-state index contributed by atoms with van der Waals surface area (Å²) in [5.74, 6) is -0.535. The minimum atomic E-state index is -0.792. The van der Waals surface area contributed by atoms with Crippen molar-refractivity contribution in [2.75, 3.05) is 6.61 Å². The Morgan fingerprint density at radius 3 is 1.19 bits per heavy atom. The van der Waals surface area contributed by atoms with Crippen LogP contribution in [0, 0.1) is 0 Å². The maximum atomic E-state index is 13.2. The number of allylic oxidation sites excluding steroid dienone is 4. The van der Waals surface area contributed by atoms with Crippen molar-refractivity contribution in [3.8, 4) is 0 Å². The van der Waals surface area contributed by atoms with Crippen LogP contribution in [0.1, 0.15) is 310 Å². The van der Waals surface area contributed by atoms with Gasteiger partial charge in [-0.1, -0.05) is 276 Å². The number of unbranched alkanes of at least 4 members (excludes halogenated alkanes) is 36. The molecule has 3 N–H and O–H groups in total. The summed E-state index contributed by atoms with van der Waals surface area (Å²) >= 11 is 0. The Morgan fingerprint density at radius 1 is 0.453 bits per heavy atom. The van der Waals surface area contributed by atoms with Crippen molar-refractivity contribution < 1.29 is 24.5 Å². The smallest absolute Gasteiger partial charge is 0.306 e. The van der Waals surface area contributed by atoms with Crippen molar-refractivity contribution in [1.29, 1.82) is 0 Å². The molecule has 0 bridgehead atoms. The van der Waals surface area contributed by atoms with Crippen LogP contribution in [0.25, 0.3) is 0 Å². The van der Waals surface area contributed by atoms with E-state index in [0.717, 1.165) is 38.5 Å². The van der Waals surface area contributed by atoms with Crippen LogP contribution in [0.5, 0.6) is 0 Å². The zero-order valence-electron chi connectivity index (χ0n) is 43.2. The van der Waals surface area contributed by atoms with Crippen molar-refractivity contribution in [2.24, 2.45) is 0 Å². The van der Waals surface area contributed by atoms with Gasteiger partial charge in [0.05, 0.1) is 25.2 Å². The van der Waals surface area contributed by atoms with Crippen LogP contribution in [-0.4, -0.2) is 46.9 Å². The van der Waals surface area contributed by atoms with Crippen LogP contribution in [0.3, 0.4) is 0 Å². The van der Waals surface area contributed by atoms with Gasteiger partial charge in [0.2, 0.25) is 5.91 Å². The average Bonchev–Trinajstić information content (AvgIpc) is 3.29. The molecule has 0 aromatic carbocycles. The van der Waals surface area contributed by atoms with Crippen molar-refractivity contribution in [1.82, 2.24) is 5.32 Å². The third-order valence-corrected chi connectivity index (χ3v) is 13.3. The van der Waals surface area contributed by atoms with Crippen molar-refractivity contribution in [2.45, 2.75) is 328 Å². The first-order chi connectivity index (χ1) is 31.5. The average molecular weight is 903 g/mol. The van der Waals surface area contributed by atoms with E-state index < -0.39 is 18.2 Å². The van der Waals surface area contributed by atoms with Gasteiger partial charge in [-0.15, -0.1) is 0 Å². The lowest BCUT2D eigenvalue weighted by Crippen LogP contribution is -2.46. The monoisotopic (exact) mass is 902 g/mol. The minimum Gasteiger partial charge on any atom is -0.462 e. The fourth-order valence-corrected chi connectivity index (χ4v) is 8.96. The first kappa shape index (κ1) is 62.3. The highest BCUT2D eigenvalue weighted by molar-refractivity contribution is 5.77. The summed E-state index contributed by atoms with van der Waals surface area (Å²) in [5.41, 5.74) is 0. The van der Waals surface area contributed by atoms with Gasteiger partial charge in [-0.05, 0) is 44.9 Å². The van der Waals surface area contributed by atoms with E-state index in [1.807, 2.05) is 0 Å². The number of rotatable bonds is 52. The molecule has 0 radical (unpaired) electrons. The van der Waals surface area contributed by atoms with Crippen LogP contribution < -0.4 is 5.32 Å². The second-order valence-corrected chi connectivity index (χ2v) is 19.7. The predicted octanol–water partition coefficient (Wildman–Crippen LogP) is 17.5. The summed E-state index contributed by atoms with van der Waals surface area (Å²) in [7, 11) is 0. The Hall–Kier alpha value is -1.66. The summed E-state index contributed by atoms with van der Waals surface area (Å²) in [4.78, 5) is 26.2. The number of nitrogens with one attached hydrogen (secondary N) is 1. The van der Waals surface area contributed by atoms with Gasteiger partial charge in [-0.2, -0.15) is 0 Å². The van der Waals surface area contributed by atoms with E-state index in [1.54, 1.807) is 0 Å². The molecule has 0 rings (SSSR count). The Balaban J connectivity index is 4.56. The van der Waals surface area contributed by atoms with Gasteiger partial charge in [0.25, 0.3) is 0 Å². The summed E-state index contributed by atoms with van der Waals surface area (Å²) in [6.07, 6.45) is 61.1. The normalized spacial score (nSPS) is 13.3. The van der Waals surface area contributed by atoms with Crippen LogP contribution >= 0.6 is 0 Å². The number of carbonyl (C=O) groups is 2. The summed E-state index contributed by atoms with van der Waals surface area (Å²) < 4.78 is 5.92.